The topological polar surface area (TPSA) is 59.4 Å². The molecule has 0 saturated heterocycles. The van der Waals surface area contributed by atoms with Crippen molar-refractivity contribution >= 4 is 5.65 Å². The van der Waals surface area contributed by atoms with Crippen LogP contribution in [0.1, 0.15) is 23.7 Å². The predicted octanol–water partition coefficient (Wildman–Crippen LogP) is 2.71. The van der Waals surface area contributed by atoms with E-state index in [9.17, 15) is 4.79 Å². The van der Waals surface area contributed by atoms with E-state index in [1.165, 1.54) is 4.52 Å². The summed E-state index contributed by atoms with van der Waals surface area (Å²) in [7, 11) is 1.67. The highest BCUT2D eigenvalue weighted by Gasteiger charge is 2.12. The molecule has 2 aromatic heterocycles. The summed E-state index contributed by atoms with van der Waals surface area (Å²) in [5.41, 5.74) is 5.40. The summed E-state index contributed by atoms with van der Waals surface area (Å²) in [4.78, 5) is 17.0. The number of ether oxygens (including phenoxy) is 1. The van der Waals surface area contributed by atoms with Gasteiger partial charge in [0.15, 0.2) is 5.65 Å². The highest BCUT2D eigenvalue weighted by Crippen LogP contribution is 2.20. The molecule has 0 aliphatic rings. The lowest BCUT2D eigenvalue weighted by Gasteiger charge is -2.04. The number of H-pyrrole nitrogens is 1. The molecule has 114 valence electrons. The fourth-order valence-electron chi connectivity index (χ4n) is 2.71. The molecule has 5 nitrogen and oxygen atoms in total. The Hall–Kier alpha value is -2.40. The van der Waals surface area contributed by atoms with Crippen LogP contribution in [0.2, 0.25) is 0 Å². The van der Waals surface area contributed by atoms with Crippen LogP contribution in [-0.4, -0.2) is 21.7 Å². The maximum atomic E-state index is 12.3. The molecular weight excluding hydrogens is 278 g/mol. The normalized spacial score (nSPS) is 11.2. The van der Waals surface area contributed by atoms with E-state index in [1.54, 1.807) is 13.2 Å². The molecule has 0 amide bonds. The van der Waals surface area contributed by atoms with Crippen LogP contribution in [0.15, 0.2) is 35.1 Å². The van der Waals surface area contributed by atoms with Gasteiger partial charge in [-0.2, -0.15) is 0 Å². The van der Waals surface area contributed by atoms with Crippen molar-refractivity contribution in [2.75, 3.05) is 7.11 Å². The number of nitrogens with zero attached hydrogens (tertiary/aromatic N) is 2. The summed E-state index contributed by atoms with van der Waals surface area (Å²) in [5.74, 6) is 0. The number of hydrogen-bond acceptors (Lipinski definition) is 3. The third-order valence-electron chi connectivity index (χ3n) is 3.84. The molecule has 5 heteroatoms. The second-order valence-electron chi connectivity index (χ2n) is 5.34. The SMILES string of the molecule is CCc1c(C)[nH]n2c(=O)cc(-c3ccc(COC)cc3)nc12. The average Bonchev–Trinajstić information content (AvgIpc) is 2.84. The van der Waals surface area contributed by atoms with Crippen molar-refractivity contribution in [1.29, 1.82) is 0 Å². The van der Waals surface area contributed by atoms with E-state index in [2.05, 4.69) is 17.0 Å². The van der Waals surface area contributed by atoms with Crippen LogP contribution in [-0.2, 0) is 17.8 Å². The number of aryl methyl sites for hydroxylation is 2. The Kier molecular flexibility index (Phi) is 3.81. The van der Waals surface area contributed by atoms with E-state index < -0.39 is 0 Å². The lowest BCUT2D eigenvalue weighted by atomic mass is 10.1. The van der Waals surface area contributed by atoms with Gasteiger partial charge in [-0.25, -0.2) is 9.50 Å². The Bertz CT molecular complexity index is 860. The summed E-state index contributed by atoms with van der Waals surface area (Å²) in [6, 6.07) is 9.49. The molecule has 3 rings (SSSR count). The summed E-state index contributed by atoms with van der Waals surface area (Å²) in [6.07, 6.45) is 0.835. The Morgan fingerprint density at radius 3 is 2.64 bits per heavy atom. The van der Waals surface area contributed by atoms with Gasteiger partial charge in [0, 0.05) is 30.0 Å². The maximum absolute atomic E-state index is 12.3. The first kappa shape index (κ1) is 14.5. The molecule has 0 radical (unpaired) electrons. The number of fused-ring (bicyclic) bond motifs is 1. The van der Waals surface area contributed by atoms with Gasteiger partial charge in [0.05, 0.1) is 12.3 Å². The predicted molar refractivity (Wildman–Crippen MR) is 86.1 cm³/mol. The molecule has 0 saturated carbocycles. The van der Waals surface area contributed by atoms with Gasteiger partial charge in [0.25, 0.3) is 5.56 Å². The van der Waals surface area contributed by atoms with Crippen LogP contribution >= 0.6 is 0 Å². The lowest BCUT2D eigenvalue weighted by Crippen LogP contribution is -2.14. The first-order valence-electron chi connectivity index (χ1n) is 7.33. The molecule has 0 unspecified atom stereocenters. The van der Waals surface area contributed by atoms with Crippen molar-refractivity contribution in [3.63, 3.8) is 0 Å². The van der Waals surface area contributed by atoms with Crippen LogP contribution in [0.5, 0.6) is 0 Å². The van der Waals surface area contributed by atoms with Gasteiger partial charge in [-0.1, -0.05) is 31.2 Å². The van der Waals surface area contributed by atoms with Crippen molar-refractivity contribution in [3.05, 3.63) is 57.5 Å². The largest absolute Gasteiger partial charge is 0.380 e. The Labute approximate surface area is 128 Å². The summed E-state index contributed by atoms with van der Waals surface area (Å²) in [6.45, 7) is 4.60. The van der Waals surface area contributed by atoms with E-state index in [-0.39, 0.29) is 5.56 Å². The Balaban J connectivity index is 2.13. The molecule has 0 aliphatic heterocycles. The van der Waals surface area contributed by atoms with Gasteiger partial charge in [0.1, 0.15) is 0 Å². The van der Waals surface area contributed by atoms with Crippen molar-refractivity contribution in [3.8, 4) is 11.3 Å². The first-order valence-corrected chi connectivity index (χ1v) is 7.33. The average molecular weight is 297 g/mol. The fraction of sp³-hybridized carbons (Fsp3) is 0.294. The van der Waals surface area contributed by atoms with E-state index in [0.717, 1.165) is 28.8 Å². The quantitative estimate of drug-likeness (QED) is 0.805. The van der Waals surface area contributed by atoms with Gasteiger partial charge in [-0.15, -0.1) is 0 Å². The van der Waals surface area contributed by atoms with E-state index in [1.807, 2.05) is 31.2 Å². The van der Waals surface area contributed by atoms with Crippen LogP contribution in [0.4, 0.5) is 0 Å². The molecule has 0 spiro atoms. The monoisotopic (exact) mass is 297 g/mol. The Morgan fingerprint density at radius 2 is 2.00 bits per heavy atom. The van der Waals surface area contributed by atoms with Gasteiger partial charge in [0.2, 0.25) is 0 Å². The van der Waals surface area contributed by atoms with Crippen LogP contribution in [0.25, 0.3) is 16.9 Å². The first-order chi connectivity index (χ1) is 10.6. The molecule has 0 fully saturated rings. The highest BCUT2D eigenvalue weighted by atomic mass is 16.5. The molecule has 1 aromatic carbocycles. The van der Waals surface area contributed by atoms with Crippen molar-refractivity contribution in [2.45, 2.75) is 26.9 Å². The van der Waals surface area contributed by atoms with E-state index in [0.29, 0.717) is 17.9 Å². The summed E-state index contributed by atoms with van der Waals surface area (Å²) < 4.78 is 6.62. The van der Waals surface area contributed by atoms with Crippen molar-refractivity contribution in [2.24, 2.45) is 0 Å². The lowest BCUT2D eigenvalue weighted by molar-refractivity contribution is 0.185. The summed E-state index contributed by atoms with van der Waals surface area (Å²) >= 11 is 0. The van der Waals surface area contributed by atoms with Gasteiger partial charge < -0.3 is 4.74 Å². The zero-order valence-electron chi connectivity index (χ0n) is 13.0. The van der Waals surface area contributed by atoms with Gasteiger partial charge in [-0.05, 0) is 18.9 Å². The maximum Gasteiger partial charge on any atom is 0.273 e. The third kappa shape index (κ3) is 2.44. The minimum absolute atomic E-state index is 0.0937. The molecule has 0 atom stereocenters. The second-order valence-corrected chi connectivity index (χ2v) is 5.34. The second kappa shape index (κ2) is 5.77. The van der Waals surface area contributed by atoms with Crippen LogP contribution in [0, 0.1) is 6.92 Å². The smallest absolute Gasteiger partial charge is 0.273 e. The van der Waals surface area contributed by atoms with Crippen LogP contribution < -0.4 is 5.56 Å². The third-order valence-corrected chi connectivity index (χ3v) is 3.84. The molecule has 1 N–H and O–H groups in total. The number of methoxy groups -OCH3 is 1. The number of aromatic amines is 1. The van der Waals surface area contributed by atoms with Crippen LogP contribution in [0.3, 0.4) is 0 Å². The minimum atomic E-state index is -0.0937. The molecular formula is C17H19N3O2. The zero-order valence-corrected chi connectivity index (χ0v) is 13.0. The van der Waals surface area contributed by atoms with Crippen molar-refractivity contribution in [1.82, 2.24) is 14.6 Å². The highest BCUT2D eigenvalue weighted by molar-refractivity contribution is 5.63. The minimum Gasteiger partial charge on any atom is -0.380 e. The number of rotatable bonds is 4. The van der Waals surface area contributed by atoms with E-state index in [4.69, 9.17) is 4.74 Å². The number of nitrogens with one attached hydrogen (secondary N) is 1. The molecule has 0 bridgehead atoms. The molecule has 0 aliphatic carbocycles. The van der Waals surface area contributed by atoms with Gasteiger partial charge >= 0.3 is 0 Å². The number of aromatic nitrogens is 3. The van der Waals surface area contributed by atoms with Gasteiger partial charge in [-0.3, -0.25) is 9.89 Å². The number of hydrogen-bond donors (Lipinski definition) is 1. The standard InChI is InChI=1S/C17H19N3O2/c1-4-14-11(2)19-20-16(21)9-15(18-17(14)20)13-7-5-12(6-8-13)10-22-3/h5-9,19H,4,10H2,1-3H3. The summed E-state index contributed by atoms with van der Waals surface area (Å²) in [5, 5.41) is 3.08. The number of benzene rings is 1. The zero-order chi connectivity index (χ0) is 15.7. The fourth-order valence-corrected chi connectivity index (χ4v) is 2.71. The van der Waals surface area contributed by atoms with Crippen molar-refractivity contribution < 1.29 is 4.74 Å². The molecule has 2 heterocycles. The Morgan fingerprint density at radius 1 is 1.27 bits per heavy atom. The van der Waals surface area contributed by atoms with E-state index >= 15 is 0 Å². The molecule has 3 aromatic rings. The molecule has 22 heavy (non-hydrogen) atoms.